The highest BCUT2D eigenvalue weighted by atomic mass is 32.2. The minimum absolute atomic E-state index is 0.0361. The molecular formula is C9H17N3OS. The summed E-state index contributed by atoms with van der Waals surface area (Å²) in [4.78, 5) is 0. The van der Waals surface area contributed by atoms with E-state index in [0.717, 1.165) is 18.1 Å². The third-order valence-corrected chi connectivity index (χ3v) is 2.71. The predicted octanol–water partition coefficient (Wildman–Crippen LogP) is 1.68. The summed E-state index contributed by atoms with van der Waals surface area (Å²) < 4.78 is 1.99. The number of aliphatic hydroxyl groups excluding tert-OH is 1. The van der Waals surface area contributed by atoms with Crippen LogP contribution in [0, 0.1) is 0 Å². The maximum absolute atomic E-state index is 9.06. The van der Waals surface area contributed by atoms with Crippen molar-refractivity contribution in [1.29, 1.82) is 0 Å². The van der Waals surface area contributed by atoms with Gasteiger partial charge in [-0.15, -0.1) is 10.2 Å². The van der Waals surface area contributed by atoms with Gasteiger partial charge in [0, 0.05) is 11.8 Å². The molecule has 1 aromatic heterocycles. The first kappa shape index (κ1) is 11.5. The molecule has 80 valence electrons. The van der Waals surface area contributed by atoms with Gasteiger partial charge in [0.15, 0.2) is 11.0 Å². The van der Waals surface area contributed by atoms with E-state index in [0.29, 0.717) is 11.1 Å². The predicted molar refractivity (Wildman–Crippen MR) is 57.2 cm³/mol. The molecule has 14 heavy (non-hydrogen) atoms. The van der Waals surface area contributed by atoms with E-state index in [1.165, 1.54) is 0 Å². The average Bonchev–Trinajstić information content (AvgIpc) is 2.48. The first-order valence-electron chi connectivity index (χ1n) is 4.88. The van der Waals surface area contributed by atoms with E-state index in [1.54, 1.807) is 11.8 Å². The van der Waals surface area contributed by atoms with E-state index in [4.69, 9.17) is 5.11 Å². The molecule has 0 radical (unpaired) electrons. The molecule has 0 aliphatic heterocycles. The van der Waals surface area contributed by atoms with Crippen LogP contribution in [-0.4, -0.2) is 25.1 Å². The third-order valence-electron chi connectivity index (χ3n) is 1.72. The van der Waals surface area contributed by atoms with Gasteiger partial charge in [0.1, 0.15) is 6.61 Å². The van der Waals surface area contributed by atoms with Crippen LogP contribution in [0.25, 0.3) is 0 Å². The molecule has 0 aromatic carbocycles. The molecule has 0 aliphatic rings. The van der Waals surface area contributed by atoms with Gasteiger partial charge in [-0.2, -0.15) is 0 Å². The zero-order valence-electron chi connectivity index (χ0n) is 8.90. The van der Waals surface area contributed by atoms with Crippen LogP contribution >= 0.6 is 11.8 Å². The Bertz CT molecular complexity index is 286. The van der Waals surface area contributed by atoms with Crippen molar-refractivity contribution in [2.24, 2.45) is 0 Å². The van der Waals surface area contributed by atoms with E-state index in [9.17, 15) is 0 Å². The second kappa shape index (κ2) is 5.36. The summed E-state index contributed by atoms with van der Waals surface area (Å²) in [6, 6.07) is 0. The van der Waals surface area contributed by atoms with E-state index < -0.39 is 0 Å². The van der Waals surface area contributed by atoms with Crippen molar-refractivity contribution in [2.75, 3.05) is 0 Å². The lowest BCUT2D eigenvalue weighted by Crippen LogP contribution is -2.05. The van der Waals surface area contributed by atoms with Crippen LogP contribution in [0.5, 0.6) is 0 Å². The van der Waals surface area contributed by atoms with Gasteiger partial charge in [0.05, 0.1) is 0 Å². The maximum atomic E-state index is 9.06. The van der Waals surface area contributed by atoms with Crippen LogP contribution in [0.4, 0.5) is 0 Å². The molecule has 0 aliphatic carbocycles. The number of aromatic nitrogens is 3. The highest BCUT2D eigenvalue weighted by Crippen LogP contribution is 2.21. The maximum Gasteiger partial charge on any atom is 0.191 e. The molecule has 0 amide bonds. The quantitative estimate of drug-likeness (QED) is 0.759. The Kier molecular flexibility index (Phi) is 4.41. The van der Waals surface area contributed by atoms with Gasteiger partial charge >= 0.3 is 0 Å². The molecule has 1 heterocycles. The van der Waals surface area contributed by atoms with Crippen LogP contribution < -0.4 is 0 Å². The van der Waals surface area contributed by atoms with E-state index >= 15 is 0 Å². The van der Waals surface area contributed by atoms with Gasteiger partial charge < -0.3 is 9.67 Å². The summed E-state index contributed by atoms with van der Waals surface area (Å²) >= 11 is 1.68. The molecule has 1 aromatic rings. The van der Waals surface area contributed by atoms with Crippen molar-refractivity contribution < 1.29 is 5.11 Å². The summed E-state index contributed by atoms with van der Waals surface area (Å²) in [7, 11) is 0. The van der Waals surface area contributed by atoms with E-state index in [-0.39, 0.29) is 6.61 Å². The Balaban J connectivity index is 2.86. The minimum Gasteiger partial charge on any atom is -0.388 e. The zero-order chi connectivity index (χ0) is 10.6. The van der Waals surface area contributed by atoms with Crippen molar-refractivity contribution in [1.82, 2.24) is 14.8 Å². The molecule has 4 nitrogen and oxygen atoms in total. The van der Waals surface area contributed by atoms with Crippen LogP contribution in [0.2, 0.25) is 0 Å². The third kappa shape index (κ3) is 2.72. The fourth-order valence-electron chi connectivity index (χ4n) is 1.18. The van der Waals surface area contributed by atoms with Crippen molar-refractivity contribution in [3.63, 3.8) is 0 Å². The van der Waals surface area contributed by atoms with Gasteiger partial charge in [0.2, 0.25) is 0 Å². The lowest BCUT2D eigenvalue weighted by atomic mass is 10.4. The summed E-state index contributed by atoms with van der Waals surface area (Å²) in [6.07, 6.45) is 1.02. The Morgan fingerprint density at radius 1 is 1.43 bits per heavy atom. The summed E-state index contributed by atoms with van der Waals surface area (Å²) in [5, 5.41) is 18.5. The number of nitrogens with zero attached hydrogens (tertiary/aromatic N) is 3. The molecule has 5 heteroatoms. The molecule has 0 saturated carbocycles. The monoisotopic (exact) mass is 215 g/mol. The van der Waals surface area contributed by atoms with Gasteiger partial charge in [-0.05, 0) is 6.42 Å². The molecule has 1 N–H and O–H groups in total. The number of hydrogen-bond acceptors (Lipinski definition) is 4. The fraction of sp³-hybridized carbons (Fsp3) is 0.778. The van der Waals surface area contributed by atoms with Crippen LogP contribution in [-0.2, 0) is 13.2 Å². The Labute approximate surface area is 88.7 Å². The summed E-state index contributed by atoms with van der Waals surface area (Å²) in [5.41, 5.74) is 0. The molecule has 1 rings (SSSR count). The normalized spacial score (nSPS) is 11.2. The molecule has 0 fully saturated rings. The first-order chi connectivity index (χ1) is 6.69. The Hall–Kier alpha value is -0.550. The highest BCUT2D eigenvalue weighted by molar-refractivity contribution is 7.99. The van der Waals surface area contributed by atoms with Crippen molar-refractivity contribution in [2.45, 2.75) is 50.8 Å². The van der Waals surface area contributed by atoms with Gasteiger partial charge in [-0.3, -0.25) is 0 Å². The molecule has 0 saturated heterocycles. The van der Waals surface area contributed by atoms with Crippen molar-refractivity contribution in [3.8, 4) is 0 Å². The fourth-order valence-corrected chi connectivity index (χ4v) is 2.02. The lowest BCUT2D eigenvalue weighted by Gasteiger charge is -2.08. The molecule has 0 bridgehead atoms. The van der Waals surface area contributed by atoms with Crippen molar-refractivity contribution >= 4 is 11.8 Å². The molecule has 0 spiro atoms. The lowest BCUT2D eigenvalue weighted by molar-refractivity contribution is 0.263. The summed E-state index contributed by atoms with van der Waals surface area (Å²) in [5.74, 6) is 0.662. The number of hydrogen-bond donors (Lipinski definition) is 1. The topological polar surface area (TPSA) is 50.9 Å². The Morgan fingerprint density at radius 3 is 2.64 bits per heavy atom. The van der Waals surface area contributed by atoms with Crippen LogP contribution in [0.15, 0.2) is 5.16 Å². The highest BCUT2D eigenvalue weighted by Gasteiger charge is 2.11. The zero-order valence-corrected chi connectivity index (χ0v) is 9.71. The smallest absolute Gasteiger partial charge is 0.191 e. The van der Waals surface area contributed by atoms with Gasteiger partial charge in [0.25, 0.3) is 0 Å². The first-order valence-corrected chi connectivity index (χ1v) is 5.76. The molecular weight excluding hydrogens is 198 g/mol. The largest absolute Gasteiger partial charge is 0.388 e. The average molecular weight is 215 g/mol. The standard InChI is InChI=1S/C9H17N3OS/c1-4-5-12-8(6-13)10-11-9(12)14-7(2)3/h7,13H,4-6H2,1-3H3. The Morgan fingerprint density at radius 2 is 2.14 bits per heavy atom. The van der Waals surface area contributed by atoms with Crippen LogP contribution in [0.3, 0.4) is 0 Å². The molecule has 0 unspecified atom stereocenters. The minimum atomic E-state index is -0.0361. The van der Waals surface area contributed by atoms with Gasteiger partial charge in [-0.25, -0.2) is 0 Å². The second-order valence-corrected chi connectivity index (χ2v) is 4.92. The van der Waals surface area contributed by atoms with Crippen molar-refractivity contribution in [3.05, 3.63) is 5.82 Å². The number of rotatable bonds is 5. The summed E-state index contributed by atoms with van der Waals surface area (Å²) in [6.45, 7) is 7.18. The molecule has 0 atom stereocenters. The van der Waals surface area contributed by atoms with Gasteiger partial charge in [-0.1, -0.05) is 32.5 Å². The number of thioether (sulfide) groups is 1. The van der Waals surface area contributed by atoms with Crippen LogP contribution in [0.1, 0.15) is 33.0 Å². The van der Waals surface area contributed by atoms with E-state index in [1.807, 2.05) is 4.57 Å². The SMILES string of the molecule is CCCn1c(CO)nnc1SC(C)C. The van der Waals surface area contributed by atoms with E-state index in [2.05, 4.69) is 31.0 Å². The second-order valence-electron chi connectivity index (χ2n) is 3.38. The number of aliphatic hydroxyl groups is 1.